The van der Waals surface area contributed by atoms with Gasteiger partial charge in [-0.15, -0.1) is 0 Å². The molecule has 17 heavy (non-hydrogen) atoms. The third-order valence-corrected chi connectivity index (χ3v) is 2.12. The Morgan fingerprint density at radius 3 is 2.29 bits per heavy atom. The SMILES string of the molecule is CCOc1c(C)cc([N+](=O)[O-])c(F)c1OCC. The van der Waals surface area contributed by atoms with E-state index in [0.717, 1.165) is 6.07 Å². The minimum absolute atomic E-state index is 0.193. The summed E-state index contributed by atoms with van der Waals surface area (Å²) in [7, 11) is 0. The maximum absolute atomic E-state index is 13.8. The van der Waals surface area contributed by atoms with Gasteiger partial charge in [0, 0.05) is 11.6 Å². The lowest BCUT2D eigenvalue weighted by Gasteiger charge is -2.13. The van der Waals surface area contributed by atoms with Crippen molar-refractivity contribution in [1.82, 2.24) is 0 Å². The summed E-state index contributed by atoms with van der Waals surface area (Å²) in [6.07, 6.45) is 0. The molecule has 0 bridgehead atoms. The van der Waals surface area contributed by atoms with Crippen molar-refractivity contribution in [2.24, 2.45) is 0 Å². The molecule has 0 amide bonds. The Balaban J connectivity index is 3.41. The van der Waals surface area contributed by atoms with E-state index in [9.17, 15) is 14.5 Å². The zero-order valence-corrected chi connectivity index (χ0v) is 9.95. The fourth-order valence-corrected chi connectivity index (χ4v) is 1.46. The van der Waals surface area contributed by atoms with Crippen LogP contribution in [0.4, 0.5) is 10.1 Å². The van der Waals surface area contributed by atoms with E-state index in [1.165, 1.54) is 0 Å². The maximum Gasteiger partial charge on any atom is 0.309 e. The van der Waals surface area contributed by atoms with Gasteiger partial charge in [0.15, 0.2) is 5.75 Å². The minimum atomic E-state index is -0.995. The van der Waals surface area contributed by atoms with Gasteiger partial charge in [-0.05, 0) is 20.8 Å². The number of aryl methyl sites for hydroxylation is 1. The van der Waals surface area contributed by atoms with E-state index in [0.29, 0.717) is 12.2 Å². The monoisotopic (exact) mass is 243 g/mol. The summed E-state index contributed by atoms with van der Waals surface area (Å²) in [6.45, 7) is 5.56. The smallest absolute Gasteiger partial charge is 0.309 e. The number of nitro groups is 1. The number of rotatable bonds is 5. The third-order valence-electron chi connectivity index (χ3n) is 2.12. The van der Waals surface area contributed by atoms with E-state index in [-0.39, 0.29) is 18.1 Å². The summed E-state index contributed by atoms with van der Waals surface area (Å²) in [5, 5.41) is 10.7. The van der Waals surface area contributed by atoms with Gasteiger partial charge in [-0.2, -0.15) is 4.39 Å². The van der Waals surface area contributed by atoms with Crippen LogP contribution in [0.1, 0.15) is 19.4 Å². The minimum Gasteiger partial charge on any atom is -0.490 e. The Kier molecular flexibility index (Phi) is 4.25. The Morgan fingerprint density at radius 1 is 1.29 bits per heavy atom. The van der Waals surface area contributed by atoms with Crippen LogP contribution in [-0.4, -0.2) is 18.1 Å². The number of nitrogens with zero attached hydrogens (tertiary/aromatic N) is 1. The molecule has 5 nitrogen and oxygen atoms in total. The molecule has 0 aliphatic heterocycles. The summed E-state index contributed by atoms with van der Waals surface area (Å²) in [5.74, 6) is -0.968. The Bertz CT molecular complexity index is 434. The lowest BCUT2D eigenvalue weighted by atomic mass is 10.1. The molecule has 0 N–H and O–H groups in total. The molecule has 0 saturated carbocycles. The van der Waals surface area contributed by atoms with Gasteiger partial charge in [0.2, 0.25) is 11.6 Å². The number of hydrogen-bond acceptors (Lipinski definition) is 4. The van der Waals surface area contributed by atoms with Crippen LogP contribution < -0.4 is 9.47 Å². The largest absolute Gasteiger partial charge is 0.490 e. The van der Waals surface area contributed by atoms with Gasteiger partial charge < -0.3 is 9.47 Å². The van der Waals surface area contributed by atoms with Crippen molar-refractivity contribution >= 4 is 5.69 Å². The first kappa shape index (κ1) is 13.2. The van der Waals surface area contributed by atoms with Crippen LogP contribution >= 0.6 is 0 Å². The van der Waals surface area contributed by atoms with Crippen molar-refractivity contribution in [2.45, 2.75) is 20.8 Å². The Hall–Kier alpha value is -1.85. The average Bonchev–Trinajstić information content (AvgIpc) is 2.27. The summed E-state index contributed by atoms with van der Waals surface area (Å²) >= 11 is 0. The molecule has 1 aromatic carbocycles. The van der Waals surface area contributed by atoms with Crippen molar-refractivity contribution < 1.29 is 18.8 Å². The predicted octanol–water partition coefficient (Wildman–Crippen LogP) is 2.84. The van der Waals surface area contributed by atoms with E-state index in [1.807, 2.05) is 0 Å². The van der Waals surface area contributed by atoms with Crippen LogP contribution in [0, 0.1) is 22.9 Å². The second-order valence-corrected chi connectivity index (χ2v) is 3.31. The number of benzene rings is 1. The molecule has 0 aliphatic carbocycles. The summed E-state index contributed by atoms with van der Waals surface area (Å²) in [5.41, 5.74) is -0.127. The second-order valence-electron chi connectivity index (χ2n) is 3.31. The van der Waals surface area contributed by atoms with Gasteiger partial charge in [-0.1, -0.05) is 0 Å². The highest BCUT2D eigenvalue weighted by Gasteiger charge is 2.25. The molecule has 0 fully saturated rings. The van der Waals surface area contributed by atoms with Crippen LogP contribution in [0.3, 0.4) is 0 Å². The lowest BCUT2D eigenvalue weighted by molar-refractivity contribution is -0.387. The fraction of sp³-hybridized carbons (Fsp3) is 0.455. The molecule has 94 valence electrons. The topological polar surface area (TPSA) is 61.6 Å². The molecular formula is C11H14FNO4. The highest BCUT2D eigenvalue weighted by molar-refractivity contribution is 5.55. The molecule has 0 spiro atoms. The third kappa shape index (κ3) is 2.64. The summed E-state index contributed by atoms with van der Waals surface area (Å²) in [4.78, 5) is 9.89. The highest BCUT2D eigenvalue weighted by Crippen LogP contribution is 2.39. The quantitative estimate of drug-likeness (QED) is 0.589. The molecule has 0 saturated heterocycles. The van der Waals surface area contributed by atoms with Crippen molar-refractivity contribution in [3.8, 4) is 11.5 Å². The first-order valence-corrected chi connectivity index (χ1v) is 5.25. The van der Waals surface area contributed by atoms with Gasteiger partial charge in [0.05, 0.1) is 18.1 Å². The van der Waals surface area contributed by atoms with E-state index in [4.69, 9.17) is 9.47 Å². The molecule has 1 rings (SSSR count). The molecule has 6 heteroatoms. The van der Waals surface area contributed by atoms with Crippen molar-refractivity contribution in [3.05, 3.63) is 27.6 Å². The molecule has 1 aromatic rings. The van der Waals surface area contributed by atoms with E-state index < -0.39 is 16.4 Å². The van der Waals surface area contributed by atoms with Crippen molar-refractivity contribution in [3.63, 3.8) is 0 Å². The van der Waals surface area contributed by atoms with Crippen LogP contribution in [0.2, 0.25) is 0 Å². The summed E-state index contributed by atoms with van der Waals surface area (Å²) in [6, 6.07) is 1.14. The number of ether oxygens (including phenoxy) is 2. The zero-order valence-electron chi connectivity index (χ0n) is 9.95. The molecule has 0 atom stereocenters. The average molecular weight is 243 g/mol. The Labute approximate surface area is 98.3 Å². The van der Waals surface area contributed by atoms with Crippen LogP contribution in [0.25, 0.3) is 0 Å². The summed E-state index contributed by atoms with van der Waals surface area (Å²) < 4.78 is 24.2. The lowest BCUT2D eigenvalue weighted by Crippen LogP contribution is -2.05. The second kappa shape index (κ2) is 5.47. The first-order chi connectivity index (χ1) is 8.02. The van der Waals surface area contributed by atoms with Gasteiger partial charge >= 0.3 is 5.69 Å². The highest BCUT2D eigenvalue weighted by atomic mass is 19.1. The van der Waals surface area contributed by atoms with Gasteiger partial charge in [-0.25, -0.2) is 0 Å². The molecule has 0 aliphatic rings. The van der Waals surface area contributed by atoms with E-state index >= 15 is 0 Å². The van der Waals surface area contributed by atoms with E-state index in [2.05, 4.69) is 0 Å². The number of hydrogen-bond donors (Lipinski definition) is 0. The van der Waals surface area contributed by atoms with Crippen molar-refractivity contribution in [1.29, 1.82) is 0 Å². The molecular weight excluding hydrogens is 229 g/mol. The normalized spacial score (nSPS) is 10.1. The maximum atomic E-state index is 13.8. The van der Waals surface area contributed by atoms with Crippen molar-refractivity contribution in [2.75, 3.05) is 13.2 Å². The Morgan fingerprint density at radius 2 is 1.82 bits per heavy atom. The van der Waals surface area contributed by atoms with E-state index in [1.54, 1.807) is 20.8 Å². The standard InChI is InChI=1S/C11H14FNO4/c1-4-16-10-7(3)6-8(13(14)15)9(12)11(10)17-5-2/h6H,4-5H2,1-3H3. The molecule has 0 radical (unpaired) electrons. The molecule has 0 heterocycles. The fourth-order valence-electron chi connectivity index (χ4n) is 1.46. The van der Waals surface area contributed by atoms with Crippen LogP contribution in [0.15, 0.2) is 6.07 Å². The zero-order chi connectivity index (χ0) is 13.0. The number of halogens is 1. The molecule has 0 aromatic heterocycles. The predicted molar refractivity (Wildman–Crippen MR) is 60.1 cm³/mol. The van der Waals surface area contributed by atoms with Gasteiger partial charge in [0.25, 0.3) is 0 Å². The van der Waals surface area contributed by atoms with Gasteiger partial charge in [-0.3, -0.25) is 10.1 Å². The number of nitro benzene ring substituents is 1. The first-order valence-electron chi connectivity index (χ1n) is 5.25. The van der Waals surface area contributed by atoms with Crippen LogP contribution in [-0.2, 0) is 0 Å². The van der Waals surface area contributed by atoms with Crippen LogP contribution in [0.5, 0.6) is 11.5 Å². The van der Waals surface area contributed by atoms with Gasteiger partial charge in [0.1, 0.15) is 0 Å². The molecule has 0 unspecified atom stereocenters.